The monoisotopic (exact) mass is 295 g/mol. The summed E-state index contributed by atoms with van der Waals surface area (Å²) in [5.41, 5.74) is 8.94. The van der Waals surface area contributed by atoms with E-state index >= 15 is 0 Å². The van der Waals surface area contributed by atoms with Crippen LogP contribution < -0.4 is 11.5 Å². The van der Waals surface area contributed by atoms with Gasteiger partial charge in [-0.3, -0.25) is 14.5 Å². The fraction of sp³-hybridized carbons (Fsp3) is 0.300. The maximum Gasteiger partial charge on any atom is 0.394 e. The zero-order valence-electron chi connectivity index (χ0n) is 10.8. The molecule has 0 heterocycles. The van der Waals surface area contributed by atoms with Gasteiger partial charge < -0.3 is 16.6 Å². The molecule has 0 aliphatic rings. The van der Waals surface area contributed by atoms with Gasteiger partial charge in [-0.25, -0.2) is 0 Å². The molecule has 0 aromatic heterocycles. The lowest BCUT2D eigenvalue weighted by molar-refractivity contribution is 0.216. The fourth-order valence-electron chi connectivity index (χ4n) is 0.385. The van der Waals surface area contributed by atoms with Crippen molar-refractivity contribution in [1.82, 2.24) is 0 Å². The number of rotatable bonds is 0. The van der Waals surface area contributed by atoms with Crippen molar-refractivity contribution in [3.63, 3.8) is 0 Å². The highest BCUT2D eigenvalue weighted by molar-refractivity contribution is 7.79. The molecule has 8 N–H and O–H groups in total. The number of aliphatic hydroxyl groups is 1. The van der Waals surface area contributed by atoms with Gasteiger partial charge in [0.1, 0.15) is 0 Å². The Balaban J connectivity index is -0.000000184. The lowest BCUT2D eigenvalue weighted by Crippen LogP contribution is -2.20. The third kappa shape index (κ3) is 179. The molecule has 0 saturated heterocycles. The van der Waals surface area contributed by atoms with Crippen LogP contribution in [0.5, 0.6) is 0 Å². The van der Waals surface area contributed by atoms with Gasteiger partial charge in [0.25, 0.3) is 0 Å². The molecule has 8 nitrogen and oxygen atoms in total. The van der Waals surface area contributed by atoms with Crippen LogP contribution >= 0.6 is 0 Å². The maximum atomic E-state index is 8.74. The van der Waals surface area contributed by atoms with Gasteiger partial charge in [0.15, 0.2) is 5.96 Å². The second-order valence-corrected chi connectivity index (χ2v) is 4.05. The highest BCUT2D eigenvalue weighted by atomic mass is 32.3. The van der Waals surface area contributed by atoms with Crippen LogP contribution in [-0.2, 0) is 10.4 Å². The Labute approximate surface area is 113 Å². The molecule has 0 atom stereocenters. The van der Waals surface area contributed by atoms with Crippen molar-refractivity contribution in [3.05, 3.63) is 36.4 Å². The van der Waals surface area contributed by atoms with Gasteiger partial charge in [0, 0.05) is 6.10 Å². The Kier molecular flexibility index (Phi) is 17.0. The molecular weight excluding hydrogens is 274 g/mol. The summed E-state index contributed by atoms with van der Waals surface area (Å²) in [4.78, 5) is 0. The number of aliphatic hydroxyl groups excluding tert-OH is 1. The summed E-state index contributed by atoms with van der Waals surface area (Å²) in [5, 5.41) is 14.1. The Morgan fingerprint density at radius 2 is 1.05 bits per heavy atom. The standard InChI is InChI=1S/C6H6.C3H8O.CH5N3.H2O4S/c1-2-4-6-5-3-1;1-3(2)4;2-1(3)4;1-5(2,3)4/h1-6H;3-4H,1-2H3;(H5,2,3,4);(H2,1,2,3,4). The summed E-state index contributed by atoms with van der Waals surface area (Å²) in [6, 6.07) is 12.0. The molecule has 0 spiro atoms. The molecule has 9 heteroatoms. The first-order valence-electron chi connectivity index (χ1n) is 4.94. The number of hydrogen-bond acceptors (Lipinski definition) is 4. The minimum absolute atomic E-state index is 0.167. The lowest BCUT2D eigenvalue weighted by Gasteiger charge is -1.80. The van der Waals surface area contributed by atoms with Crippen molar-refractivity contribution in [1.29, 1.82) is 5.41 Å². The summed E-state index contributed by atoms with van der Waals surface area (Å²) >= 11 is 0. The Morgan fingerprint density at radius 1 is 1.00 bits per heavy atom. The third-order valence-corrected chi connectivity index (χ3v) is 0.667. The molecule has 0 fully saturated rings. The van der Waals surface area contributed by atoms with E-state index in [4.69, 9.17) is 28.0 Å². The molecule has 19 heavy (non-hydrogen) atoms. The predicted octanol–water partition coefficient (Wildman–Crippen LogP) is 0.259. The molecule has 0 amide bonds. The van der Waals surface area contributed by atoms with Crippen molar-refractivity contribution in [2.24, 2.45) is 11.5 Å². The molecule has 0 bridgehead atoms. The SMILES string of the molecule is CC(C)O.N=C(N)N.O=S(=O)(O)O.c1ccccc1. The summed E-state index contributed by atoms with van der Waals surface area (Å²) in [7, 11) is -4.67. The van der Waals surface area contributed by atoms with Crippen LogP contribution in [0.15, 0.2) is 36.4 Å². The molecule has 0 radical (unpaired) electrons. The summed E-state index contributed by atoms with van der Waals surface area (Å²) in [6.45, 7) is 3.44. The van der Waals surface area contributed by atoms with Crippen LogP contribution in [0.3, 0.4) is 0 Å². The van der Waals surface area contributed by atoms with E-state index in [0.717, 1.165) is 0 Å². The molecule has 1 aromatic carbocycles. The maximum absolute atomic E-state index is 8.74. The Bertz CT molecular complexity index is 353. The molecule has 0 aliphatic heterocycles. The third-order valence-electron chi connectivity index (χ3n) is 0.667. The molecular formula is C10H21N3O5S. The van der Waals surface area contributed by atoms with E-state index in [1.54, 1.807) is 13.8 Å². The molecule has 0 unspecified atom stereocenters. The highest BCUT2D eigenvalue weighted by Gasteiger charge is 1.84. The van der Waals surface area contributed by atoms with Crippen LogP contribution in [0, 0.1) is 5.41 Å². The van der Waals surface area contributed by atoms with E-state index in [9.17, 15) is 0 Å². The zero-order chi connectivity index (χ0) is 15.9. The number of benzene rings is 1. The molecule has 1 rings (SSSR count). The number of nitrogens with two attached hydrogens (primary N) is 2. The minimum atomic E-state index is -4.67. The first kappa shape index (κ1) is 22.5. The van der Waals surface area contributed by atoms with Crippen LogP contribution in [0.25, 0.3) is 0 Å². The first-order chi connectivity index (χ1) is 8.46. The summed E-state index contributed by atoms with van der Waals surface area (Å²) < 4.78 is 31.6. The Morgan fingerprint density at radius 3 is 1.11 bits per heavy atom. The van der Waals surface area contributed by atoms with E-state index in [0.29, 0.717) is 0 Å². The van der Waals surface area contributed by atoms with Gasteiger partial charge in [-0.2, -0.15) is 8.42 Å². The zero-order valence-corrected chi connectivity index (χ0v) is 11.6. The first-order valence-corrected chi connectivity index (χ1v) is 6.34. The van der Waals surface area contributed by atoms with Crippen molar-refractivity contribution < 1.29 is 22.6 Å². The van der Waals surface area contributed by atoms with Gasteiger partial charge >= 0.3 is 10.4 Å². The average Bonchev–Trinajstić information content (AvgIpc) is 2.15. The quantitative estimate of drug-likeness (QED) is 0.226. The van der Waals surface area contributed by atoms with E-state index < -0.39 is 10.4 Å². The lowest BCUT2D eigenvalue weighted by atomic mass is 10.4. The second kappa shape index (κ2) is 14.4. The normalized spacial score (nSPS) is 8.74. The molecule has 1 aromatic rings. The molecule has 0 saturated carbocycles. The van der Waals surface area contributed by atoms with E-state index in [1.807, 2.05) is 36.4 Å². The number of hydrogen-bond donors (Lipinski definition) is 6. The largest absolute Gasteiger partial charge is 0.394 e. The van der Waals surface area contributed by atoms with Gasteiger partial charge in [0.2, 0.25) is 0 Å². The van der Waals surface area contributed by atoms with Crippen LogP contribution in [0.1, 0.15) is 13.8 Å². The van der Waals surface area contributed by atoms with Gasteiger partial charge in [-0.1, -0.05) is 36.4 Å². The smallest absolute Gasteiger partial charge is 0.394 e. The number of nitrogens with one attached hydrogen (secondary N) is 1. The van der Waals surface area contributed by atoms with Crippen molar-refractivity contribution in [2.75, 3.05) is 0 Å². The van der Waals surface area contributed by atoms with E-state index in [2.05, 4.69) is 11.5 Å². The second-order valence-electron chi connectivity index (χ2n) is 3.15. The molecule has 112 valence electrons. The number of guanidine groups is 1. The van der Waals surface area contributed by atoms with Crippen molar-refractivity contribution in [3.8, 4) is 0 Å². The fourth-order valence-corrected chi connectivity index (χ4v) is 0.385. The van der Waals surface area contributed by atoms with Gasteiger partial charge in [-0.05, 0) is 13.8 Å². The topological polar surface area (TPSA) is 171 Å². The highest BCUT2D eigenvalue weighted by Crippen LogP contribution is 1.79. The van der Waals surface area contributed by atoms with Crippen LogP contribution in [0.4, 0.5) is 0 Å². The van der Waals surface area contributed by atoms with Crippen LogP contribution in [0.2, 0.25) is 0 Å². The summed E-state index contributed by atoms with van der Waals surface area (Å²) in [6.07, 6.45) is -0.167. The Hall–Kier alpha value is -1.68. The van der Waals surface area contributed by atoms with Gasteiger partial charge in [-0.15, -0.1) is 0 Å². The van der Waals surface area contributed by atoms with Gasteiger partial charge in [0.05, 0.1) is 0 Å². The minimum Gasteiger partial charge on any atom is -0.394 e. The van der Waals surface area contributed by atoms with Crippen molar-refractivity contribution >= 4 is 16.4 Å². The van der Waals surface area contributed by atoms with E-state index in [1.165, 1.54) is 0 Å². The van der Waals surface area contributed by atoms with Crippen molar-refractivity contribution in [2.45, 2.75) is 20.0 Å². The molecule has 0 aliphatic carbocycles. The average molecular weight is 295 g/mol. The summed E-state index contributed by atoms with van der Waals surface area (Å²) in [5.74, 6) is -0.333. The van der Waals surface area contributed by atoms with Crippen LogP contribution in [-0.4, -0.2) is 34.7 Å². The predicted molar refractivity (Wildman–Crippen MR) is 74.1 cm³/mol. The van der Waals surface area contributed by atoms with E-state index in [-0.39, 0.29) is 12.1 Å².